The van der Waals surface area contributed by atoms with E-state index in [-0.39, 0.29) is 5.91 Å². The number of likely N-dealkylation sites (N-methyl/N-ethyl adjacent to an activating group) is 1. The third kappa shape index (κ3) is 2.52. The van der Waals surface area contributed by atoms with Crippen LogP contribution in [0.4, 0.5) is 0 Å². The first-order chi connectivity index (χ1) is 9.61. The van der Waals surface area contributed by atoms with Crippen LogP contribution in [0.15, 0.2) is 18.5 Å². The highest BCUT2D eigenvalue weighted by molar-refractivity contribution is 6.16. The molecule has 20 heavy (non-hydrogen) atoms. The second-order valence-electron chi connectivity index (χ2n) is 5.00. The molecule has 1 atom stereocenters. The molecule has 1 saturated heterocycles. The molecular weight excluding hydrogens is 253 g/mol. The molecule has 1 aromatic heterocycles. The van der Waals surface area contributed by atoms with E-state index in [1.807, 2.05) is 20.9 Å². The van der Waals surface area contributed by atoms with E-state index in [9.17, 15) is 4.79 Å². The molecule has 1 spiro atoms. The number of carbonyl (C=O) groups excluding carboxylic acids is 1. The zero-order valence-electron chi connectivity index (χ0n) is 12.3. The zero-order valence-corrected chi connectivity index (χ0v) is 12.3. The van der Waals surface area contributed by atoms with Gasteiger partial charge in [-0.25, -0.2) is 0 Å². The van der Waals surface area contributed by atoms with Crippen molar-refractivity contribution in [3.05, 3.63) is 24.0 Å². The lowest BCUT2D eigenvalue weighted by Crippen LogP contribution is -2.52. The van der Waals surface area contributed by atoms with Crippen molar-refractivity contribution in [2.75, 3.05) is 20.1 Å². The molecular formula is C14H20BN3O2. The summed E-state index contributed by atoms with van der Waals surface area (Å²) in [5, 5.41) is 0. The predicted octanol–water partition coefficient (Wildman–Crippen LogP) is 0.987. The molecule has 5 nitrogen and oxygen atoms in total. The minimum absolute atomic E-state index is 0.150. The van der Waals surface area contributed by atoms with Crippen LogP contribution < -0.4 is 4.74 Å². The lowest BCUT2D eigenvalue weighted by atomic mass is 9.99. The van der Waals surface area contributed by atoms with Crippen molar-refractivity contribution < 1.29 is 9.53 Å². The Hall–Kier alpha value is -1.56. The van der Waals surface area contributed by atoms with Crippen molar-refractivity contribution in [2.45, 2.75) is 32.4 Å². The molecule has 106 valence electrons. The molecule has 1 aromatic rings. The highest BCUT2D eigenvalue weighted by Crippen LogP contribution is 2.34. The van der Waals surface area contributed by atoms with Gasteiger partial charge in [-0.3, -0.25) is 9.78 Å². The normalized spacial score (nSPS) is 25.6. The van der Waals surface area contributed by atoms with Gasteiger partial charge in [0.25, 0.3) is 5.91 Å². The number of fused-ring (bicyclic) bond motifs is 1. The maximum Gasteiger partial charge on any atom is 0.255 e. The minimum Gasteiger partial charge on any atom is -0.476 e. The predicted molar refractivity (Wildman–Crippen MR) is 77.4 cm³/mol. The summed E-state index contributed by atoms with van der Waals surface area (Å²) in [6, 6.07) is 1.79. The molecule has 0 aromatic carbocycles. The van der Waals surface area contributed by atoms with Crippen LogP contribution in [-0.4, -0.2) is 54.3 Å². The fraction of sp³-hybridized carbons (Fsp3) is 0.571. The number of hydrogen-bond acceptors (Lipinski definition) is 4. The summed E-state index contributed by atoms with van der Waals surface area (Å²) in [5.74, 6) is 0.560. The van der Waals surface area contributed by atoms with Gasteiger partial charge in [0.05, 0.1) is 0 Å². The van der Waals surface area contributed by atoms with Crippen LogP contribution in [0.1, 0.15) is 25.8 Å². The zero-order chi connectivity index (χ0) is 14.8. The SMILES string of the molecule is CC.[B]N1Cc2cnccc2OC2(CCN(C)C2)C1=O. The van der Waals surface area contributed by atoms with Crippen LogP contribution in [0.2, 0.25) is 0 Å². The summed E-state index contributed by atoms with van der Waals surface area (Å²) in [7, 11) is 7.83. The van der Waals surface area contributed by atoms with Crippen LogP contribution in [0, 0.1) is 0 Å². The van der Waals surface area contributed by atoms with E-state index >= 15 is 0 Å². The van der Waals surface area contributed by atoms with Crippen molar-refractivity contribution >= 4 is 13.9 Å². The van der Waals surface area contributed by atoms with Gasteiger partial charge in [-0.1, -0.05) is 13.8 Å². The Morgan fingerprint density at radius 1 is 1.45 bits per heavy atom. The first-order valence-corrected chi connectivity index (χ1v) is 6.98. The number of pyridine rings is 1. The molecule has 2 aliphatic heterocycles. The molecule has 0 saturated carbocycles. The fourth-order valence-corrected chi connectivity index (χ4v) is 2.63. The van der Waals surface area contributed by atoms with Gasteiger partial charge in [-0.05, 0) is 13.1 Å². The van der Waals surface area contributed by atoms with Gasteiger partial charge in [-0.2, -0.15) is 0 Å². The van der Waals surface area contributed by atoms with Crippen LogP contribution in [0.5, 0.6) is 5.75 Å². The number of carbonyl (C=O) groups is 1. The largest absolute Gasteiger partial charge is 0.476 e. The second-order valence-corrected chi connectivity index (χ2v) is 5.00. The lowest BCUT2D eigenvalue weighted by molar-refractivity contribution is -0.141. The topological polar surface area (TPSA) is 45.7 Å². The number of likely N-dealkylation sites (tertiary alicyclic amines) is 1. The molecule has 3 rings (SSSR count). The smallest absolute Gasteiger partial charge is 0.255 e. The minimum atomic E-state index is -0.837. The van der Waals surface area contributed by atoms with E-state index < -0.39 is 5.60 Å². The van der Waals surface area contributed by atoms with Crippen LogP contribution >= 0.6 is 0 Å². The van der Waals surface area contributed by atoms with E-state index in [2.05, 4.69) is 9.88 Å². The van der Waals surface area contributed by atoms with Crippen molar-refractivity contribution in [1.82, 2.24) is 14.7 Å². The van der Waals surface area contributed by atoms with E-state index in [1.54, 1.807) is 18.5 Å². The molecule has 0 N–H and O–H groups in total. The quantitative estimate of drug-likeness (QED) is 0.661. The Bertz CT molecular complexity index is 497. The lowest BCUT2D eigenvalue weighted by Gasteiger charge is -2.29. The Labute approximate surface area is 121 Å². The van der Waals surface area contributed by atoms with Crippen LogP contribution in [-0.2, 0) is 11.3 Å². The second kappa shape index (κ2) is 5.83. The number of hydrogen-bond donors (Lipinski definition) is 0. The van der Waals surface area contributed by atoms with Crippen LogP contribution in [0.3, 0.4) is 0 Å². The summed E-state index contributed by atoms with van der Waals surface area (Å²) in [4.78, 5) is 19.8. The Morgan fingerprint density at radius 2 is 2.20 bits per heavy atom. The molecule has 0 aliphatic carbocycles. The van der Waals surface area contributed by atoms with Gasteiger partial charge >= 0.3 is 0 Å². The average Bonchev–Trinajstić information content (AvgIpc) is 2.80. The maximum atomic E-state index is 12.4. The Morgan fingerprint density at radius 3 is 2.85 bits per heavy atom. The highest BCUT2D eigenvalue weighted by atomic mass is 16.5. The molecule has 1 fully saturated rings. The van der Waals surface area contributed by atoms with E-state index in [4.69, 9.17) is 12.7 Å². The Balaban J connectivity index is 0.000000704. The maximum absolute atomic E-state index is 12.4. The summed E-state index contributed by atoms with van der Waals surface area (Å²) >= 11 is 0. The molecule has 6 heteroatoms. The number of ether oxygens (including phenoxy) is 1. The third-order valence-corrected chi connectivity index (χ3v) is 3.58. The van der Waals surface area contributed by atoms with Crippen molar-refractivity contribution in [1.29, 1.82) is 0 Å². The molecule has 1 unspecified atom stereocenters. The van der Waals surface area contributed by atoms with Gasteiger partial charge < -0.3 is 14.4 Å². The van der Waals surface area contributed by atoms with E-state index in [0.717, 1.165) is 12.1 Å². The number of nitrogens with zero attached hydrogens (tertiary/aromatic N) is 3. The summed E-state index contributed by atoms with van der Waals surface area (Å²) in [5.41, 5.74) is 0.00982. The first-order valence-electron chi connectivity index (χ1n) is 6.98. The molecule has 2 radical (unpaired) electrons. The number of amides is 1. The summed E-state index contributed by atoms with van der Waals surface area (Å²) < 4.78 is 6.01. The van der Waals surface area contributed by atoms with E-state index in [0.29, 0.717) is 25.3 Å². The average molecular weight is 273 g/mol. The van der Waals surface area contributed by atoms with Gasteiger partial charge in [0.15, 0.2) is 5.60 Å². The third-order valence-electron chi connectivity index (χ3n) is 3.58. The van der Waals surface area contributed by atoms with Crippen LogP contribution in [0.25, 0.3) is 0 Å². The molecule has 2 aliphatic rings. The van der Waals surface area contributed by atoms with Crippen molar-refractivity contribution in [2.24, 2.45) is 0 Å². The number of aromatic nitrogens is 1. The van der Waals surface area contributed by atoms with Crippen molar-refractivity contribution in [3.63, 3.8) is 0 Å². The summed E-state index contributed by atoms with van der Waals surface area (Å²) in [6.07, 6.45) is 4.03. The molecule has 3 heterocycles. The van der Waals surface area contributed by atoms with Gasteiger partial charge in [-0.15, -0.1) is 0 Å². The Kier molecular flexibility index (Phi) is 4.33. The van der Waals surface area contributed by atoms with Gasteiger partial charge in [0.2, 0.25) is 7.98 Å². The summed E-state index contributed by atoms with van der Waals surface area (Å²) in [6.45, 7) is 5.74. The fourth-order valence-electron chi connectivity index (χ4n) is 2.63. The molecule has 1 amide bonds. The highest BCUT2D eigenvalue weighted by Gasteiger charge is 2.48. The standard InChI is InChI=1S/C12H14BN3O2.C2H6/c1-15-5-3-12(8-15)11(17)16(13)7-9-6-14-4-2-10(9)18-12;1-2/h2,4,6H,3,5,7-8H2,1H3;1-2H3. The first kappa shape index (κ1) is 14.8. The number of rotatable bonds is 0. The molecule has 0 bridgehead atoms. The van der Waals surface area contributed by atoms with Gasteiger partial charge in [0.1, 0.15) is 5.75 Å². The van der Waals surface area contributed by atoms with Gasteiger partial charge in [0, 0.05) is 44.0 Å². The monoisotopic (exact) mass is 273 g/mol. The van der Waals surface area contributed by atoms with E-state index in [1.165, 1.54) is 4.81 Å². The van der Waals surface area contributed by atoms with Crippen molar-refractivity contribution in [3.8, 4) is 5.75 Å².